The maximum Gasteiger partial charge on any atom is 0.222 e. The summed E-state index contributed by atoms with van der Waals surface area (Å²) in [6.07, 6.45) is 4.86. The Morgan fingerprint density at radius 2 is 2.20 bits per heavy atom. The van der Waals surface area contributed by atoms with Crippen LogP contribution in [0.1, 0.15) is 46.0 Å². The van der Waals surface area contributed by atoms with Crippen molar-refractivity contribution in [3.8, 4) is 0 Å². The van der Waals surface area contributed by atoms with Crippen LogP contribution < -0.4 is 11.1 Å². The van der Waals surface area contributed by atoms with Gasteiger partial charge >= 0.3 is 0 Å². The molecule has 20 heavy (non-hydrogen) atoms. The highest BCUT2D eigenvalue weighted by atomic mass is 16.2. The molecule has 1 heterocycles. The second-order valence-corrected chi connectivity index (χ2v) is 5.88. The predicted molar refractivity (Wildman–Crippen MR) is 80.1 cm³/mol. The molecule has 2 amide bonds. The van der Waals surface area contributed by atoms with Crippen molar-refractivity contribution in [1.29, 1.82) is 0 Å². The Morgan fingerprint density at radius 3 is 2.85 bits per heavy atom. The molecule has 0 saturated carbocycles. The number of carbonyl (C=O) groups excluding carboxylic acids is 2. The van der Waals surface area contributed by atoms with Crippen LogP contribution >= 0.6 is 0 Å². The molecular formula is C15H29N3O2. The minimum atomic E-state index is -0.184. The Balaban J connectivity index is 2.14. The van der Waals surface area contributed by atoms with Gasteiger partial charge in [0, 0.05) is 19.0 Å². The number of nitrogens with one attached hydrogen (secondary N) is 1. The van der Waals surface area contributed by atoms with E-state index in [1.165, 1.54) is 0 Å². The molecule has 0 spiro atoms. The largest absolute Gasteiger partial charge is 0.369 e. The lowest BCUT2D eigenvalue weighted by atomic mass is 9.97. The maximum absolute atomic E-state index is 11.7. The average molecular weight is 283 g/mol. The first-order valence-electron chi connectivity index (χ1n) is 7.84. The molecule has 1 aliphatic rings. The summed E-state index contributed by atoms with van der Waals surface area (Å²) in [4.78, 5) is 25.2. The fourth-order valence-corrected chi connectivity index (χ4v) is 2.74. The first-order valence-corrected chi connectivity index (χ1v) is 7.84. The minimum Gasteiger partial charge on any atom is -0.369 e. The number of primary amides is 1. The zero-order chi connectivity index (χ0) is 15.0. The monoisotopic (exact) mass is 283 g/mol. The van der Waals surface area contributed by atoms with E-state index in [-0.39, 0.29) is 23.7 Å². The van der Waals surface area contributed by atoms with Crippen LogP contribution in [0.4, 0.5) is 0 Å². The molecule has 0 radical (unpaired) electrons. The summed E-state index contributed by atoms with van der Waals surface area (Å²) < 4.78 is 0. The second-order valence-electron chi connectivity index (χ2n) is 5.88. The first kappa shape index (κ1) is 17.0. The molecule has 0 aromatic carbocycles. The number of nitrogens with zero attached hydrogens (tertiary/aromatic N) is 1. The number of piperidine rings is 1. The summed E-state index contributed by atoms with van der Waals surface area (Å²) in [6, 6.07) is 0. The van der Waals surface area contributed by atoms with E-state index in [9.17, 15) is 9.59 Å². The molecule has 1 aliphatic heterocycles. The summed E-state index contributed by atoms with van der Waals surface area (Å²) in [5.74, 6) is 0.0778. The number of hydrogen-bond donors (Lipinski definition) is 2. The summed E-state index contributed by atoms with van der Waals surface area (Å²) >= 11 is 0. The summed E-state index contributed by atoms with van der Waals surface area (Å²) in [5, 5.41) is 2.98. The molecule has 0 aromatic rings. The SMILES string of the molecule is CCCC(C)C(=O)NCCCN1CCCC(C(N)=O)C1. The first-order chi connectivity index (χ1) is 9.54. The zero-order valence-corrected chi connectivity index (χ0v) is 12.9. The summed E-state index contributed by atoms with van der Waals surface area (Å²) in [5.41, 5.74) is 5.36. The van der Waals surface area contributed by atoms with Crippen LogP contribution in [0.25, 0.3) is 0 Å². The van der Waals surface area contributed by atoms with Crippen molar-refractivity contribution in [2.75, 3.05) is 26.2 Å². The van der Waals surface area contributed by atoms with Gasteiger partial charge in [0.05, 0.1) is 5.92 Å². The highest BCUT2D eigenvalue weighted by molar-refractivity contribution is 5.78. The number of amides is 2. The molecule has 0 aromatic heterocycles. The number of nitrogens with two attached hydrogens (primary N) is 1. The molecule has 0 bridgehead atoms. The Bertz CT molecular complexity index is 320. The number of likely N-dealkylation sites (tertiary alicyclic amines) is 1. The summed E-state index contributed by atoms with van der Waals surface area (Å²) in [7, 11) is 0. The molecule has 0 aliphatic carbocycles. The number of hydrogen-bond acceptors (Lipinski definition) is 3. The third kappa shape index (κ3) is 5.90. The van der Waals surface area contributed by atoms with Crippen LogP contribution in [0, 0.1) is 11.8 Å². The lowest BCUT2D eigenvalue weighted by molar-refractivity contribution is -0.124. The molecule has 3 N–H and O–H groups in total. The summed E-state index contributed by atoms with van der Waals surface area (Å²) in [6.45, 7) is 7.51. The van der Waals surface area contributed by atoms with Crippen LogP contribution in [0.15, 0.2) is 0 Å². The number of rotatable bonds is 8. The van der Waals surface area contributed by atoms with Gasteiger partial charge in [0.15, 0.2) is 0 Å². The van der Waals surface area contributed by atoms with Gasteiger partial charge in [0.25, 0.3) is 0 Å². The maximum atomic E-state index is 11.7. The topological polar surface area (TPSA) is 75.4 Å². The molecule has 1 fully saturated rings. The molecular weight excluding hydrogens is 254 g/mol. The van der Waals surface area contributed by atoms with Gasteiger partial charge in [-0.3, -0.25) is 9.59 Å². The molecule has 5 heteroatoms. The third-order valence-corrected chi connectivity index (χ3v) is 4.03. The van der Waals surface area contributed by atoms with Gasteiger partial charge < -0.3 is 16.0 Å². The van der Waals surface area contributed by atoms with Crippen LogP contribution in [0.2, 0.25) is 0 Å². The standard InChI is InChI=1S/C15H29N3O2/c1-3-6-12(2)15(20)17-8-5-10-18-9-4-7-13(11-18)14(16)19/h12-13H,3-11H2,1-2H3,(H2,16,19)(H,17,20). The van der Waals surface area contributed by atoms with Crippen LogP contribution in [-0.2, 0) is 9.59 Å². The van der Waals surface area contributed by atoms with E-state index in [1.807, 2.05) is 6.92 Å². The quantitative estimate of drug-likeness (QED) is 0.656. The van der Waals surface area contributed by atoms with Gasteiger partial charge in [-0.1, -0.05) is 20.3 Å². The Labute approximate surface area is 122 Å². The van der Waals surface area contributed by atoms with Crippen molar-refractivity contribution in [2.24, 2.45) is 17.6 Å². The van der Waals surface area contributed by atoms with Crippen molar-refractivity contribution in [2.45, 2.75) is 46.0 Å². The van der Waals surface area contributed by atoms with E-state index in [2.05, 4.69) is 17.1 Å². The van der Waals surface area contributed by atoms with E-state index < -0.39 is 0 Å². The molecule has 2 unspecified atom stereocenters. The van der Waals surface area contributed by atoms with E-state index in [4.69, 9.17) is 5.73 Å². The highest BCUT2D eigenvalue weighted by Gasteiger charge is 2.23. The predicted octanol–water partition coefficient (Wildman–Crippen LogP) is 1.13. The Hall–Kier alpha value is -1.10. The fourth-order valence-electron chi connectivity index (χ4n) is 2.74. The van der Waals surface area contributed by atoms with Crippen molar-refractivity contribution >= 4 is 11.8 Å². The van der Waals surface area contributed by atoms with Gasteiger partial charge in [0.2, 0.25) is 11.8 Å². The van der Waals surface area contributed by atoms with Crippen molar-refractivity contribution in [3.05, 3.63) is 0 Å². The van der Waals surface area contributed by atoms with Crippen LogP contribution in [0.5, 0.6) is 0 Å². The second kappa shape index (κ2) is 8.95. The van der Waals surface area contributed by atoms with Gasteiger partial charge in [-0.15, -0.1) is 0 Å². The third-order valence-electron chi connectivity index (χ3n) is 4.03. The van der Waals surface area contributed by atoms with Crippen LogP contribution in [-0.4, -0.2) is 42.9 Å². The zero-order valence-electron chi connectivity index (χ0n) is 12.9. The van der Waals surface area contributed by atoms with E-state index in [0.717, 1.165) is 51.7 Å². The van der Waals surface area contributed by atoms with Crippen molar-refractivity contribution in [1.82, 2.24) is 10.2 Å². The smallest absolute Gasteiger partial charge is 0.222 e. The van der Waals surface area contributed by atoms with Gasteiger partial charge in [-0.05, 0) is 38.8 Å². The van der Waals surface area contributed by atoms with E-state index in [1.54, 1.807) is 0 Å². The minimum absolute atomic E-state index is 0.00270. The van der Waals surface area contributed by atoms with E-state index in [0.29, 0.717) is 6.54 Å². The lowest BCUT2D eigenvalue weighted by Gasteiger charge is -2.31. The highest BCUT2D eigenvalue weighted by Crippen LogP contribution is 2.15. The normalized spacial score (nSPS) is 21.4. The van der Waals surface area contributed by atoms with Gasteiger partial charge in [0.1, 0.15) is 0 Å². The molecule has 1 saturated heterocycles. The van der Waals surface area contributed by atoms with Crippen molar-refractivity contribution < 1.29 is 9.59 Å². The lowest BCUT2D eigenvalue weighted by Crippen LogP contribution is -2.42. The Morgan fingerprint density at radius 1 is 1.45 bits per heavy atom. The molecule has 1 rings (SSSR count). The molecule has 5 nitrogen and oxygen atoms in total. The molecule has 2 atom stereocenters. The van der Waals surface area contributed by atoms with E-state index >= 15 is 0 Å². The van der Waals surface area contributed by atoms with Crippen LogP contribution in [0.3, 0.4) is 0 Å². The Kier molecular flexibility index (Phi) is 7.59. The van der Waals surface area contributed by atoms with Crippen molar-refractivity contribution in [3.63, 3.8) is 0 Å². The fraction of sp³-hybridized carbons (Fsp3) is 0.867. The van der Waals surface area contributed by atoms with Gasteiger partial charge in [-0.25, -0.2) is 0 Å². The van der Waals surface area contributed by atoms with Gasteiger partial charge in [-0.2, -0.15) is 0 Å². The average Bonchev–Trinajstić information content (AvgIpc) is 2.44. The number of carbonyl (C=O) groups is 2. The molecule has 116 valence electrons.